The summed E-state index contributed by atoms with van der Waals surface area (Å²) in [7, 11) is 0.326. The molecule has 20 heavy (non-hydrogen) atoms. The predicted octanol–water partition coefficient (Wildman–Crippen LogP) is 2.86. The summed E-state index contributed by atoms with van der Waals surface area (Å²) in [6.45, 7) is 0.384. The molecule has 1 aromatic rings. The SMILES string of the molecule is CN(CCC#N)C(=O)CCS(=O)c1ccc(Cl)c(Cl)c1. The number of benzene rings is 1. The Hall–Kier alpha value is -1.09. The van der Waals surface area contributed by atoms with Crippen LogP contribution < -0.4 is 0 Å². The van der Waals surface area contributed by atoms with Gasteiger partial charge in [0.05, 0.1) is 33.3 Å². The van der Waals surface area contributed by atoms with Crippen LogP contribution in [-0.4, -0.2) is 34.4 Å². The molecule has 0 heterocycles. The van der Waals surface area contributed by atoms with Crippen molar-refractivity contribution in [3.63, 3.8) is 0 Å². The van der Waals surface area contributed by atoms with E-state index in [-0.39, 0.29) is 24.5 Å². The van der Waals surface area contributed by atoms with Crippen LogP contribution in [0.3, 0.4) is 0 Å². The zero-order chi connectivity index (χ0) is 15.1. The molecule has 0 N–H and O–H groups in total. The van der Waals surface area contributed by atoms with Crippen LogP contribution in [0.15, 0.2) is 23.1 Å². The molecule has 108 valence electrons. The molecule has 0 fully saturated rings. The van der Waals surface area contributed by atoms with Gasteiger partial charge in [-0.1, -0.05) is 23.2 Å². The third-order valence-electron chi connectivity index (χ3n) is 2.64. The fourth-order valence-corrected chi connectivity index (χ4v) is 2.88. The summed E-state index contributed by atoms with van der Waals surface area (Å²) in [6, 6.07) is 6.73. The molecule has 0 saturated carbocycles. The molecule has 7 heteroatoms. The minimum Gasteiger partial charge on any atom is -0.345 e. The molecule has 0 spiro atoms. The summed E-state index contributed by atoms with van der Waals surface area (Å²) in [4.78, 5) is 13.8. The third kappa shape index (κ3) is 5.12. The van der Waals surface area contributed by atoms with E-state index in [1.54, 1.807) is 25.2 Å². The van der Waals surface area contributed by atoms with E-state index in [1.165, 1.54) is 4.90 Å². The molecule has 1 atom stereocenters. The number of carbonyl (C=O) groups excluding carboxylic acids is 1. The molecule has 0 radical (unpaired) electrons. The number of carbonyl (C=O) groups is 1. The van der Waals surface area contributed by atoms with E-state index in [9.17, 15) is 9.00 Å². The molecule has 0 aliphatic carbocycles. The summed E-state index contributed by atoms with van der Waals surface area (Å²) in [5.41, 5.74) is 0. The smallest absolute Gasteiger partial charge is 0.223 e. The Balaban J connectivity index is 2.53. The normalized spacial score (nSPS) is 11.7. The number of hydrogen-bond donors (Lipinski definition) is 0. The lowest BCUT2D eigenvalue weighted by atomic mass is 10.3. The first-order valence-corrected chi connectivity index (χ1v) is 7.97. The number of rotatable bonds is 6. The van der Waals surface area contributed by atoms with Crippen LogP contribution in [-0.2, 0) is 15.6 Å². The Morgan fingerprint density at radius 1 is 1.40 bits per heavy atom. The Bertz CT molecular complexity index is 558. The molecule has 1 amide bonds. The predicted molar refractivity (Wildman–Crippen MR) is 80.2 cm³/mol. The van der Waals surface area contributed by atoms with Crippen molar-refractivity contribution in [3.05, 3.63) is 28.2 Å². The average Bonchev–Trinajstić information content (AvgIpc) is 2.44. The standard InChI is InChI=1S/C13H14Cl2N2O2S/c1-17(7-2-6-16)13(18)5-8-20(19)10-3-4-11(14)12(15)9-10/h3-4,9H,2,5,7-8H2,1H3. The van der Waals surface area contributed by atoms with E-state index in [4.69, 9.17) is 28.5 Å². The van der Waals surface area contributed by atoms with Crippen molar-refractivity contribution in [1.82, 2.24) is 4.90 Å². The second-order valence-corrected chi connectivity index (χ2v) is 6.48. The monoisotopic (exact) mass is 332 g/mol. The molecule has 0 aliphatic rings. The number of hydrogen-bond acceptors (Lipinski definition) is 3. The summed E-state index contributed by atoms with van der Waals surface area (Å²) < 4.78 is 12.0. The Morgan fingerprint density at radius 3 is 2.70 bits per heavy atom. The zero-order valence-corrected chi connectivity index (χ0v) is 13.3. The highest BCUT2D eigenvalue weighted by Gasteiger charge is 2.12. The van der Waals surface area contributed by atoms with Gasteiger partial charge in [0.1, 0.15) is 0 Å². The highest BCUT2D eigenvalue weighted by Crippen LogP contribution is 2.24. The number of amides is 1. The average molecular weight is 333 g/mol. The highest BCUT2D eigenvalue weighted by molar-refractivity contribution is 7.85. The summed E-state index contributed by atoms with van der Waals surface area (Å²) >= 11 is 11.6. The van der Waals surface area contributed by atoms with Crippen molar-refractivity contribution < 1.29 is 9.00 Å². The largest absolute Gasteiger partial charge is 0.345 e. The molecule has 0 aromatic heterocycles. The van der Waals surface area contributed by atoms with E-state index in [0.29, 0.717) is 21.5 Å². The quantitative estimate of drug-likeness (QED) is 0.804. The maximum atomic E-state index is 12.0. The van der Waals surface area contributed by atoms with Crippen LogP contribution >= 0.6 is 23.2 Å². The lowest BCUT2D eigenvalue weighted by Gasteiger charge is -2.15. The van der Waals surface area contributed by atoms with Crippen molar-refractivity contribution in [3.8, 4) is 6.07 Å². The second kappa shape index (κ2) is 8.25. The van der Waals surface area contributed by atoms with E-state index < -0.39 is 10.8 Å². The van der Waals surface area contributed by atoms with Gasteiger partial charge < -0.3 is 4.90 Å². The molecule has 4 nitrogen and oxygen atoms in total. The summed E-state index contributed by atoms with van der Waals surface area (Å²) in [5, 5.41) is 9.20. The molecule has 1 rings (SSSR count). The summed E-state index contributed by atoms with van der Waals surface area (Å²) in [6.07, 6.45) is 0.451. The maximum absolute atomic E-state index is 12.0. The van der Waals surface area contributed by atoms with Gasteiger partial charge in [0.2, 0.25) is 5.91 Å². The zero-order valence-electron chi connectivity index (χ0n) is 10.9. The van der Waals surface area contributed by atoms with Crippen molar-refractivity contribution in [2.24, 2.45) is 0 Å². The van der Waals surface area contributed by atoms with Crippen LogP contribution in [0.5, 0.6) is 0 Å². The second-order valence-electron chi connectivity index (χ2n) is 4.10. The van der Waals surface area contributed by atoms with Gasteiger partial charge in [-0.2, -0.15) is 5.26 Å². The number of nitriles is 1. The molecule has 0 saturated heterocycles. The molecule has 0 aliphatic heterocycles. The number of nitrogens with zero attached hydrogens (tertiary/aromatic N) is 2. The maximum Gasteiger partial charge on any atom is 0.223 e. The first-order chi connectivity index (χ1) is 9.45. The minimum atomic E-state index is -1.30. The van der Waals surface area contributed by atoms with Crippen molar-refractivity contribution in [2.45, 2.75) is 17.7 Å². The lowest BCUT2D eigenvalue weighted by Crippen LogP contribution is -2.28. The Labute approximate surface area is 130 Å². The molecular formula is C13H14Cl2N2O2S. The van der Waals surface area contributed by atoms with Gasteiger partial charge in [-0.15, -0.1) is 0 Å². The van der Waals surface area contributed by atoms with E-state index in [2.05, 4.69) is 0 Å². The van der Waals surface area contributed by atoms with Crippen LogP contribution in [0.25, 0.3) is 0 Å². The van der Waals surface area contributed by atoms with Gasteiger partial charge in [-0.25, -0.2) is 0 Å². The Morgan fingerprint density at radius 2 is 2.10 bits per heavy atom. The fraction of sp³-hybridized carbons (Fsp3) is 0.385. The number of halogens is 2. The van der Waals surface area contributed by atoms with E-state index in [0.717, 1.165) is 0 Å². The summed E-state index contributed by atoms with van der Waals surface area (Å²) in [5.74, 6) is 0.0851. The van der Waals surface area contributed by atoms with Crippen molar-refractivity contribution in [1.29, 1.82) is 5.26 Å². The fourth-order valence-electron chi connectivity index (χ4n) is 1.45. The van der Waals surface area contributed by atoms with E-state index >= 15 is 0 Å². The van der Waals surface area contributed by atoms with Gasteiger partial charge in [0.25, 0.3) is 0 Å². The first-order valence-electron chi connectivity index (χ1n) is 5.90. The molecule has 1 unspecified atom stereocenters. The highest BCUT2D eigenvalue weighted by atomic mass is 35.5. The topological polar surface area (TPSA) is 61.2 Å². The van der Waals surface area contributed by atoms with Gasteiger partial charge in [-0.05, 0) is 18.2 Å². The van der Waals surface area contributed by atoms with Crippen LogP contribution in [0.2, 0.25) is 10.0 Å². The first kappa shape index (κ1) is 17.0. The van der Waals surface area contributed by atoms with E-state index in [1.807, 2.05) is 6.07 Å². The third-order valence-corrected chi connectivity index (χ3v) is 4.73. The van der Waals surface area contributed by atoms with Crippen molar-refractivity contribution in [2.75, 3.05) is 19.3 Å². The minimum absolute atomic E-state index is 0.131. The van der Waals surface area contributed by atoms with Crippen LogP contribution in [0, 0.1) is 11.3 Å². The van der Waals surface area contributed by atoms with Gasteiger partial charge in [-0.3, -0.25) is 9.00 Å². The van der Waals surface area contributed by atoms with Crippen molar-refractivity contribution >= 4 is 39.9 Å². The van der Waals surface area contributed by atoms with Crippen LogP contribution in [0.4, 0.5) is 0 Å². The van der Waals surface area contributed by atoms with Gasteiger partial charge in [0, 0.05) is 30.7 Å². The molecular weight excluding hydrogens is 319 g/mol. The van der Waals surface area contributed by atoms with Crippen LogP contribution in [0.1, 0.15) is 12.8 Å². The Kier molecular flexibility index (Phi) is 7.00. The molecule has 1 aromatic carbocycles. The van der Waals surface area contributed by atoms with Gasteiger partial charge >= 0.3 is 0 Å². The lowest BCUT2D eigenvalue weighted by molar-refractivity contribution is -0.129. The van der Waals surface area contributed by atoms with Gasteiger partial charge in [0.15, 0.2) is 0 Å². The molecule has 0 bridgehead atoms.